The van der Waals surface area contributed by atoms with E-state index in [0.29, 0.717) is 12.2 Å². The molecule has 0 radical (unpaired) electrons. The van der Waals surface area contributed by atoms with Crippen molar-refractivity contribution in [3.05, 3.63) is 71.8 Å². The second kappa shape index (κ2) is 9.74. The standard InChI is InChI=1S/C23H28N2O3S/c1-25(29(27,28)22-10-6-3-7-11-22)21-14-12-20(13-15-21)18-23(26)24-17-16-19-8-4-2-5-9-19/h3,6-8,10-15H,2,4-5,9,16-18H2,1H3,(H,24,26). The topological polar surface area (TPSA) is 66.5 Å². The van der Waals surface area contributed by atoms with Crippen LogP contribution in [0.4, 0.5) is 5.69 Å². The minimum absolute atomic E-state index is 0.0144. The number of benzene rings is 2. The molecule has 0 unspecified atom stereocenters. The van der Waals surface area contributed by atoms with Crippen LogP contribution in [-0.2, 0) is 21.2 Å². The van der Waals surface area contributed by atoms with Crippen LogP contribution in [0, 0.1) is 0 Å². The van der Waals surface area contributed by atoms with Crippen LogP contribution in [0.3, 0.4) is 0 Å². The van der Waals surface area contributed by atoms with Crippen molar-refractivity contribution in [1.82, 2.24) is 5.32 Å². The van der Waals surface area contributed by atoms with Gasteiger partial charge < -0.3 is 5.32 Å². The number of hydrogen-bond donors (Lipinski definition) is 1. The zero-order valence-electron chi connectivity index (χ0n) is 16.8. The predicted molar refractivity (Wildman–Crippen MR) is 116 cm³/mol. The Kier molecular flexibility index (Phi) is 7.09. The fraction of sp³-hybridized carbons (Fsp3) is 0.348. The molecule has 2 aromatic carbocycles. The van der Waals surface area contributed by atoms with Gasteiger partial charge in [0.15, 0.2) is 0 Å². The molecule has 154 valence electrons. The van der Waals surface area contributed by atoms with Gasteiger partial charge in [-0.1, -0.05) is 42.0 Å². The largest absolute Gasteiger partial charge is 0.355 e. The Hall–Kier alpha value is -2.60. The van der Waals surface area contributed by atoms with E-state index in [1.54, 1.807) is 54.6 Å². The molecule has 0 aliphatic heterocycles. The summed E-state index contributed by atoms with van der Waals surface area (Å²) >= 11 is 0. The molecule has 0 saturated heterocycles. The zero-order chi connectivity index (χ0) is 20.7. The Morgan fingerprint density at radius 1 is 1.03 bits per heavy atom. The second-order valence-electron chi connectivity index (χ2n) is 7.34. The monoisotopic (exact) mass is 412 g/mol. The van der Waals surface area contributed by atoms with Crippen molar-refractivity contribution in [1.29, 1.82) is 0 Å². The number of sulfonamides is 1. The molecule has 29 heavy (non-hydrogen) atoms. The van der Waals surface area contributed by atoms with E-state index in [-0.39, 0.29) is 17.2 Å². The van der Waals surface area contributed by atoms with Gasteiger partial charge in [-0.3, -0.25) is 9.10 Å². The van der Waals surface area contributed by atoms with Crippen LogP contribution >= 0.6 is 0 Å². The first kappa shape index (κ1) is 21.1. The lowest BCUT2D eigenvalue weighted by Crippen LogP contribution is -2.27. The lowest BCUT2D eigenvalue weighted by molar-refractivity contribution is -0.120. The summed E-state index contributed by atoms with van der Waals surface area (Å²) in [5.41, 5.74) is 2.86. The van der Waals surface area contributed by atoms with E-state index in [4.69, 9.17) is 0 Å². The minimum atomic E-state index is -3.60. The van der Waals surface area contributed by atoms with E-state index in [1.165, 1.54) is 29.8 Å². The van der Waals surface area contributed by atoms with Crippen LogP contribution in [-0.4, -0.2) is 27.9 Å². The fourth-order valence-electron chi connectivity index (χ4n) is 3.46. The van der Waals surface area contributed by atoms with Crippen LogP contribution in [0.15, 0.2) is 71.1 Å². The molecule has 1 aliphatic rings. The lowest BCUT2D eigenvalue weighted by Gasteiger charge is -2.19. The smallest absolute Gasteiger partial charge is 0.264 e. The van der Waals surface area contributed by atoms with E-state index in [1.807, 2.05) is 0 Å². The number of carbonyl (C=O) groups is 1. The molecule has 0 heterocycles. The van der Waals surface area contributed by atoms with Crippen molar-refractivity contribution < 1.29 is 13.2 Å². The van der Waals surface area contributed by atoms with E-state index >= 15 is 0 Å². The molecule has 1 amide bonds. The van der Waals surface area contributed by atoms with Crippen molar-refractivity contribution in [2.75, 3.05) is 17.9 Å². The Bertz CT molecular complexity index is 951. The van der Waals surface area contributed by atoms with Crippen LogP contribution in [0.5, 0.6) is 0 Å². The molecule has 0 aromatic heterocycles. The highest BCUT2D eigenvalue weighted by Gasteiger charge is 2.20. The highest BCUT2D eigenvalue weighted by Crippen LogP contribution is 2.22. The zero-order valence-corrected chi connectivity index (χ0v) is 17.6. The molecule has 5 nitrogen and oxygen atoms in total. The SMILES string of the molecule is CN(c1ccc(CC(=O)NCCC2=CCCCC2)cc1)S(=O)(=O)c1ccccc1. The second-order valence-corrected chi connectivity index (χ2v) is 9.31. The molecule has 3 rings (SSSR count). The molecule has 0 fully saturated rings. The first-order chi connectivity index (χ1) is 14.0. The first-order valence-electron chi connectivity index (χ1n) is 10.0. The summed E-state index contributed by atoms with van der Waals surface area (Å²) in [6.45, 7) is 0.667. The van der Waals surface area contributed by atoms with Gasteiger partial charge in [0.25, 0.3) is 10.0 Å². The molecule has 2 aromatic rings. The summed E-state index contributed by atoms with van der Waals surface area (Å²) in [7, 11) is -2.07. The number of nitrogens with zero attached hydrogens (tertiary/aromatic N) is 1. The minimum Gasteiger partial charge on any atom is -0.355 e. The number of hydrogen-bond acceptors (Lipinski definition) is 3. The Morgan fingerprint density at radius 3 is 2.41 bits per heavy atom. The highest BCUT2D eigenvalue weighted by molar-refractivity contribution is 7.92. The molecular formula is C23H28N2O3S. The molecule has 0 atom stereocenters. The number of nitrogens with one attached hydrogen (secondary N) is 1. The molecule has 6 heteroatoms. The van der Waals surface area contributed by atoms with Gasteiger partial charge in [-0.15, -0.1) is 0 Å². The Morgan fingerprint density at radius 2 is 1.76 bits per heavy atom. The third-order valence-corrected chi connectivity index (χ3v) is 7.02. The molecule has 0 saturated carbocycles. The molecule has 1 aliphatic carbocycles. The molecular weight excluding hydrogens is 384 g/mol. The van der Waals surface area contributed by atoms with Crippen molar-refractivity contribution >= 4 is 21.6 Å². The fourth-order valence-corrected chi connectivity index (χ4v) is 4.67. The van der Waals surface area contributed by atoms with Gasteiger partial charge in [-0.05, 0) is 61.9 Å². The van der Waals surface area contributed by atoms with Gasteiger partial charge in [0.2, 0.25) is 5.91 Å². The summed E-state index contributed by atoms with van der Waals surface area (Å²) in [6.07, 6.45) is 8.34. The lowest BCUT2D eigenvalue weighted by atomic mass is 9.97. The van der Waals surface area contributed by atoms with Gasteiger partial charge in [0.1, 0.15) is 0 Å². The third kappa shape index (κ3) is 5.70. The third-order valence-electron chi connectivity index (χ3n) is 5.22. The van der Waals surface area contributed by atoms with Gasteiger partial charge in [0.05, 0.1) is 17.0 Å². The number of amides is 1. The maximum atomic E-state index is 12.7. The number of allylic oxidation sites excluding steroid dienone is 1. The van der Waals surface area contributed by atoms with Crippen molar-refractivity contribution in [3.63, 3.8) is 0 Å². The van der Waals surface area contributed by atoms with E-state index in [9.17, 15) is 13.2 Å². The molecule has 1 N–H and O–H groups in total. The van der Waals surface area contributed by atoms with Crippen LogP contribution in [0.2, 0.25) is 0 Å². The van der Waals surface area contributed by atoms with Gasteiger partial charge in [0, 0.05) is 13.6 Å². The predicted octanol–water partition coefficient (Wildman–Crippen LogP) is 4.06. The number of anilines is 1. The van der Waals surface area contributed by atoms with Crippen molar-refractivity contribution in [2.45, 2.75) is 43.4 Å². The van der Waals surface area contributed by atoms with Crippen molar-refractivity contribution in [3.8, 4) is 0 Å². The van der Waals surface area contributed by atoms with E-state index < -0.39 is 10.0 Å². The average Bonchev–Trinajstić information content (AvgIpc) is 2.75. The normalized spacial score (nSPS) is 14.2. The Labute approximate surface area is 173 Å². The van der Waals surface area contributed by atoms with E-state index in [0.717, 1.165) is 24.8 Å². The van der Waals surface area contributed by atoms with Gasteiger partial charge in [-0.25, -0.2) is 8.42 Å². The molecule has 0 spiro atoms. The quantitative estimate of drug-likeness (QED) is 0.665. The van der Waals surface area contributed by atoms with Gasteiger partial charge >= 0.3 is 0 Å². The van der Waals surface area contributed by atoms with Crippen molar-refractivity contribution in [2.24, 2.45) is 0 Å². The molecule has 0 bridgehead atoms. The van der Waals surface area contributed by atoms with Crippen LogP contribution in [0.1, 0.15) is 37.7 Å². The maximum Gasteiger partial charge on any atom is 0.264 e. The van der Waals surface area contributed by atoms with Crippen LogP contribution in [0.25, 0.3) is 0 Å². The first-order valence-corrected chi connectivity index (χ1v) is 11.5. The summed E-state index contributed by atoms with van der Waals surface area (Å²) in [4.78, 5) is 12.4. The van der Waals surface area contributed by atoms with E-state index in [2.05, 4.69) is 11.4 Å². The number of carbonyl (C=O) groups excluding carboxylic acids is 1. The number of rotatable bonds is 8. The highest BCUT2D eigenvalue weighted by atomic mass is 32.2. The van der Waals surface area contributed by atoms with Crippen LogP contribution < -0.4 is 9.62 Å². The Balaban J connectivity index is 1.54. The maximum absolute atomic E-state index is 12.7. The van der Waals surface area contributed by atoms with Gasteiger partial charge in [-0.2, -0.15) is 0 Å². The summed E-state index contributed by atoms with van der Waals surface area (Å²) < 4.78 is 26.7. The average molecular weight is 413 g/mol. The summed E-state index contributed by atoms with van der Waals surface area (Å²) in [6, 6.07) is 15.4. The summed E-state index contributed by atoms with van der Waals surface area (Å²) in [5, 5.41) is 2.98. The summed E-state index contributed by atoms with van der Waals surface area (Å²) in [5.74, 6) is -0.0144.